The molecular weight excluding hydrogens is 1240 g/mol. The maximum absolute atomic E-state index is 13.7. The quantitative estimate of drug-likeness (QED) is 0.112. The predicted molar refractivity (Wildman–Crippen MR) is 354 cm³/mol. The third kappa shape index (κ3) is 13.4. The molecule has 16 rings (SSSR count). The number of non-ortho nitro benzene ring substituents is 1. The van der Waals surface area contributed by atoms with Gasteiger partial charge in [-0.1, -0.05) is 53.5 Å². The molecule has 11 heterocycles. The van der Waals surface area contributed by atoms with Crippen LogP contribution >= 0.6 is 23.2 Å². The van der Waals surface area contributed by atoms with E-state index in [0.29, 0.717) is 38.6 Å². The van der Waals surface area contributed by atoms with Gasteiger partial charge in [0.05, 0.1) is 64.3 Å². The van der Waals surface area contributed by atoms with Gasteiger partial charge >= 0.3 is 0 Å². The first-order valence-electron chi connectivity index (χ1n) is 31.6. The Kier molecular flexibility index (Phi) is 19.3. The number of rotatable bonds is 6. The van der Waals surface area contributed by atoms with Gasteiger partial charge in [0.15, 0.2) is 5.58 Å². The second kappa shape index (κ2) is 28.4. The van der Waals surface area contributed by atoms with Crippen molar-refractivity contribution in [2.45, 2.75) is 141 Å². The van der Waals surface area contributed by atoms with Crippen LogP contribution in [0.3, 0.4) is 0 Å². The topological polar surface area (TPSA) is 241 Å². The standard InChI is InChI=1S/C16H14Cl2N2O.C16H17N3.C14H11F2N3.C14H10N4.C13H13N3O2/c1-9-15(11-3-2-4-20-8-19-7-14(11)20)12-5-10(17)6-13(18)16(12)21-9;1-11-6-13(7-12(2)15(11)8-17)14-4-3-5-19-10-18-9-16(14)19;15-12-4-9(5-13(16)11(12)6-17)10-2-1-3-19-8-18-7-14(10)19;15-6-11-2-1-10(5-12(11)7-16)13-3-4-18-9-17-8-14(13)18;17-16(18)11-5-3-10(4-6-11)12-2-1-7-15-9-14-8-13(12)15/h5-8,11H,2-4H2,1H3;6-7,9-10,14H,3-5H2,1-2H3;4-5,7-8,10H,1-3H2;1-2,5,8-9,13H,3-4H2;3-6,8-9,12H,1-2,7H2. The van der Waals surface area contributed by atoms with Crippen molar-refractivity contribution in [3.8, 4) is 24.3 Å². The van der Waals surface area contributed by atoms with E-state index in [-0.39, 0.29) is 28.4 Å². The number of nitro groups is 1. The average Bonchev–Trinajstić information content (AvgIpc) is 1.63. The highest BCUT2D eigenvalue weighted by Crippen LogP contribution is 2.44. The fourth-order valence-corrected chi connectivity index (χ4v) is 14.9. The van der Waals surface area contributed by atoms with Crippen molar-refractivity contribution in [3.63, 3.8) is 0 Å². The monoisotopic (exact) mass is 1310 g/mol. The highest BCUT2D eigenvalue weighted by molar-refractivity contribution is 6.38. The van der Waals surface area contributed by atoms with E-state index in [0.717, 1.165) is 134 Å². The summed E-state index contributed by atoms with van der Waals surface area (Å²) in [4.78, 5) is 31.2. The molecule has 22 heteroatoms. The maximum atomic E-state index is 13.7. The first kappa shape index (κ1) is 64.6. The van der Waals surface area contributed by atoms with Crippen LogP contribution in [0, 0.1) is 87.8 Å². The van der Waals surface area contributed by atoms with Gasteiger partial charge in [-0.2, -0.15) is 21.0 Å². The second-order valence-corrected chi connectivity index (χ2v) is 25.4. The fourth-order valence-electron chi connectivity index (χ4n) is 14.3. The first-order chi connectivity index (χ1) is 46.1. The van der Waals surface area contributed by atoms with E-state index in [2.05, 4.69) is 67.5 Å². The van der Waals surface area contributed by atoms with Crippen molar-refractivity contribution in [3.05, 3.63) is 269 Å². The van der Waals surface area contributed by atoms with Crippen LogP contribution in [0.25, 0.3) is 11.0 Å². The number of nitriles is 4. The van der Waals surface area contributed by atoms with Crippen molar-refractivity contribution in [1.29, 1.82) is 21.0 Å². The van der Waals surface area contributed by atoms with E-state index in [9.17, 15) is 18.9 Å². The highest BCUT2D eigenvalue weighted by Gasteiger charge is 2.31. The second-order valence-electron chi connectivity index (χ2n) is 24.5. The van der Waals surface area contributed by atoms with Gasteiger partial charge < -0.3 is 27.3 Å². The first-order valence-corrected chi connectivity index (χ1v) is 32.4. The van der Waals surface area contributed by atoms with Crippen molar-refractivity contribution < 1.29 is 18.1 Å². The molecule has 5 aliphatic heterocycles. The Labute approximate surface area is 557 Å². The molecule has 5 aliphatic rings. The Morgan fingerprint density at radius 1 is 0.495 bits per heavy atom. The molecule has 0 fully saturated rings. The summed E-state index contributed by atoms with van der Waals surface area (Å²) in [5.74, 6) is 0.554. The number of hydrogen-bond donors (Lipinski definition) is 0. The van der Waals surface area contributed by atoms with Crippen molar-refractivity contribution in [2.24, 2.45) is 0 Å². The number of fused-ring (bicyclic) bond motifs is 6. The minimum Gasteiger partial charge on any atom is -0.459 e. The summed E-state index contributed by atoms with van der Waals surface area (Å²) in [6.45, 7) is 11.0. The SMILES string of the molecule is Cc1cc(C2CCCn3cncc32)cc(C)c1C#N.Cc1oc2c(Cl)cc(Cl)cc2c1C1CCCn2cncc21.N#Cc1c(F)cc(C2CCCn3cncc32)cc1F.N#Cc1ccc(C2CCn3cncc32)cc1C#N.O=[N+]([O-])c1ccc(C2CCCn3cncc32)cc1. The van der Waals surface area contributed by atoms with Crippen molar-refractivity contribution in [2.75, 3.05) is 0 Å². The fraction of sp³-hybridized carbons (Fsp3) is 0.301. The molecule has 0 spiro atoms. The number of hydrogen-bond acceptors (Lipinski definition) is 12. The molecule has 11 aromatic rings. The Balaban J connectivity index is 0.000000114. The van der Waals surface area contributed by atoms with Crippen molar-refractivity contribution in [1.82, 2.24) is 47.8 Å². The summed E-state index contributed by atoms with van der Waals surface area (Å²) in [5.41, 5.74) is 15.4. The molecule has 478 valence electrons. The van der Waals surface area contributed by atoms with Gasteiger partial charge in [-0.15, -0.1) is 0 Å². The number of nitrogens with zero attached hydrogens (tertiary/aromatic N) is 15. The summed E-state index contributed by atoms with van der Waals surface area (Å²) < 4.78 is 44.0. The lowest BCUT2D eigenvalue weighted by atomic mass is 9.86. The zero-order valence-electron chi connectivity index (χ0n) is 52.5. The summed E-state index contributed by atoms with van der Waals surface area (Å²) in [7, 11) is 0. The van der Waals surface area contributed by atoms with E-state index in [1.165, 1.54) is 52.5 Å². The molecule has 0 saturated heterocycles. The lowest BCUT2D eigenvalue weighted by Crippen LogP contribution is -2.16. The maximum Gasteiger partial charge on any atom is 0.269 e. The predicted octanol–water partition coefficient (Wildman–Crippen LogP) is 16.3. The zero-order valence-corrected chi connectivity index (χ0v) is 54.0. The van der Waals surface area contributed by atoms with E-state index in [1.807, 2.05) is 112 Å². The molecule has 95 heavy (non-hydrogen) atoms. The van der Waals surface area contributed by atoms with Crippen molar-refractivity contribution >= 4 is 39.9 Å². The van der Waals surface area contributed by atoms with Crippen LogP contribution in [0.4, 0.5) is 14.5 Å². The molecule has 0 radical (unpaired) electrons. The third-order valence-electron chi connectivity index (χ3n) is 18.9. The molecule has 5 unspecified atom stereocenters. The molecule has 0 N–H and O–H groups in total. The van der Waals surface area contributed by atoms with Gasteiger partial charge in [-0.05, 0) is 148 Å². The molecule has 6 aromatic heterocycles. The van der Waals surface area contributed by atoms with Gasteiger partial charge in [0, 0.05) is 150 Å². The zero-order chi connectivity index (χ0) is 66.4. The van der Waals surface area contributed by atoms with Crippen LogP contribution in [0.5, 0.6) is 0 Å². The highest BCUT2D eigenvalue weighted by atomic mass is 35.5. The number of aromatic nitrogens is 10. The summed E-state index contributed by atoms with van der Waals surface area (Å²) in [5, 5.41) is 48.7. The van der Waals surface area contributed by atoms with Crippen LogP contribution in [-0.4, -0.2) is 52.7 Å². The molecule has 5 aromatic carbocycles. The number of halogens is 4. The summed E-state index contributed by atoms with van der Waals surface area (Å²) in [6.07, 6.45) is 28.2. The lowest BCUT2D eigenvalue weighted by Gasteiger charge is -2.25. The minimum absolute atomic E-state index is 0.0620. The van der Waals surface area contributed by atoms with E-state index >= 15 is 0 Å². The number of furan rings is 1. The minimum atomic E-state index is -0.797. The van der Waals surface area contributed by atoms with Crippen LogP contribution < -0.4 is 0 Å². The molecular formula is C73H65Cl2F2N15O3. The lowest BCUT2D eigenvalue weighted by molar-refractivity contribution is -0.384. The number of benzene rings is 5. The Morgan fingerprint density at radius 2 is 0.916 bits per heavy atom. The van der Waals surface area contributed by atoms with E-state index in [4.69, 9.17) is 48.7 Å². The van der Waals surface area contributed by atoms with Crippen LogP contribution in [-0.2, 0) is 32.7 Å². The van der Waals surface area contributed by atoms with Gasteiger partial charge in [0.1, 0.15) is 41.2 Å². The average molecular weight is 1310 g/mol. The molecule has 0 aliphatic carbocycles. The smallest absolute Gasteiger partial charge is 0.269 e. The molecule has 0 amide bonds. The van der Waals surface area contributed by atoms with Gasteiger partial charge in [-0.3, -0.25) is 10.1 Å². The normalized spacial score (nSPS) is 17.8. The van der Waals surface area contributed by atoms with Crippen LogP contribution in [0.1, 0.15) is 183 Å². The Hall–Kier alpha value is -10.5. The van der Waals surface area contributed by atoms with Crippen LogP contribution in [0.2, 0.25) is 10.0 Å². The summed E-state index contributed by atoms with van der Waals surface area (Å²) in [6, 6.07) is 30.8. The van der Waals surface area contributed by atoms with E-state index < -0.39 is 17.2 Å². The number of aryl methyl sites for hydroxylation is 8. The largest absolute Gasteiger partial charge is 0.459 e. The van der Waals surface area contributed by atoms with E-state index in [1.54, 1.807) is 42.9 Å². The summed E-state index contributed by atoms with van der Waals surface area (Å²) >= 11 is 12.4. The molecule has 5 atom stereocenters. The number of imidazole rings is 5. The molecule has 0 saturated carbocycles. The Morgan fingerprint density at radius 3 is 1.38 bits per heavy atom. The molecule has 18 nitrogen and oxygen atoms in total. The molecule has 0 bridgehead atoms. The Bertz CT molecular complexity index is 4670. The number of nitro benzene ring substituents is 1. The third-order valence-corrected chi connectivity index (χ3v) is 19.4. The van der Waals surface area contributed by atoms with Gasteiger partial charge in [-0.25, -0.2) is 33.7 Å². The van der Waals surface area contributed by atoms with Gasteiger partial charge in [0.25, 0.3) is 5.69 Å². The van der Waals surface area contributed by atoms with Gasteiger partial charge in [0.2, 0.25) is 0 Å². The van der Waals surface area contributed by atoms with Crippen LogP contribution in [0.15, 0.2) is 146 Å².